The first kappa shape index (κ1) is 53.9. The number of nitrogens with zero attached hydrogens (tertiary/aromatic N) is 2. The normalized spacial score (nSPS) is 14.1. The average Bonchev–Trinajstić information content (AvgIpc) is 3.12. The van der Waals surface area contributed by atoms with Gasteiger partial charge in [0, 0.05) is 17.7 Å². The number of nitrogens with one attached hydrogen (secondary N) is 2. The molecule has 0 bridgehead atoms. The largest absolute Gasteiger partial charge is 1.00 e. The monoisotopic (exact) mass is 597 g/mol. The van der Waals surface area contributed by atoms with E-state index in [-0.39, 0.29) is 121 Å². The average molecular weight is 597 g/mol. The quantitative estimate of drug-likeness (QED) is 0.230. The van der Waals surface area contributed by atoms with Crippen LogP contribution in [0.2, 0.25) is 0 Å². The molecule has 18 N–H and O–H groups in total. The van der Waals surface area contributed by atoms with E-state index in [0.29, 0.717) is 18.7 Å². The minimum Gasteiger partial charge on any atom is -0.550 e. The number of hydrogen-bond acceptors (Lipinski definition) is 9. The van der Waals surface area contributed by atoms with Crippen molar-refractivity contribution in [2.45, 2.75) is 31.7 Å². The topological polar surface area (TPSA) is 410 Å². The summed E-state index contributed by atoms with van der Waals surface area (Å²) in [4.78, 5) is 54.1. The summed E-state index contributed by atoms with van der Waals surface area (Å²) in [7, 11) is 0. The molecule has 40 heavy (non-hydrogen) atoms. The Morgan fingerprint density at radius 1 is 0.950 bits per heavy atom. The molecule has 0 saturated carbocycles. The number of nitrogens with two attached hydrogens (primary N) is 1. The van der Waals surface area contributed by atoms with E-state index in [1.807, 2.05) is 0 Å². The Morgan fingerprint density at radius 2 is 1.50 bits per heavy atom. The summed E-state index contributed by atoms with van der Waals surface area (Å²) in [6.07, 6.45) is 1.87. The van der Waals surface area contributed by atoms with Crippen molar-refractivity contribution in [3.8, 4) is 0 Å². The second kappa shape index (κ2) is 24.5. The summed E-state index contributed by atoms with van der Waals surface area (Å²) in [5.41, 5.74) is 7.43. The van der Waals surface area contributed by atoms with Gasteiger partial charge < -0.3 is 69.2 Å². The van der Waals surface area contributed by atoms with Gasteiger partial charge in [-0.3, -0.25) is 14.9 Å². The Labute approximate surface area is 271 Å². The van der Waals surface area contributed by atoms with Gasteiger partial charge in [0.1, 0.15) is 11.8 Å². The molecule has 0 aromatic heterocycles. The molecule has 0 spiro atoms. The van der Waals surface area contributed by atoms with Crippen LogP contribution in [0.25, 0.3) is 0 Å². The van der Waals surface area contributed by atoms with Gasteiger partial charge in [-0.2, -0.15) is 4.99 Å². The van der Waals surface area contributed by atoms with E-state index in [1.54, 1.807) is 18.3 Å². The third-order valence-corrected chi connectivity index (χ3v) is 4.89. The van der Waals surface area contributed by atoms with Crippen molar-refractivity contribution in [1.29, 1.82) is 0 Å². The maximum Gasteiger partial charge on any atom is 1.00 e. The van der Waals surface area contributed by atoms with Crippen LogP contribution >= 0.6 is 0 Å². The first-order chi connectivity index (χ1) is 14.7. The molecule has 218 valence electrons. The van der Waals surface area contributed by atoms with Crippen molar-refractivity contribution >= 4 is 35.5 Å². The smallest absolute Gasteiger partial charge is 0.550 e. The van der Waals surface area contributed by atoms with E-state index in [2.05, 4.69) is 20.6 Å². The predicted molar refractivity (Wildman–Crippen MR) is 129 cm³/mol. The fourth-order valence-electron chi connectivity index (χ4n) is 3.27. The number of amidine groups is 1. The number of carbonyl (C=O) groups excluding carboxylic acids is 4. The second-order valence-electron chi connectivity index (χ2n) is 7.06. The van der Waals surface area contributed by atoms with E-state index in [0.717, 1.165) is 11.1 Å². The number of aliphatic carboxylic acids is 2. The van der Waals surface area contributed by atoms with Gasteiger partial charge in [-0.15, -0.1) is 0 Å². The molecule has 2 heterocycles. The van der Waals surface area contributed by atoms with Crippen molar-refractivity contribution in [3.05, 3.63) is 47.2 Å². The van der Waals surface area contributed by atoms with Crippen molar-refractivity contribution in [3.63, 3.8) is 0 Å². The van der Waals surface area contributed by atoms with E-state index in [9.17, 15) is 29.4 Å². The second-order valence-corrected chi connectivity index (χ2v) is 7.06. The van der Waals surface area contributed by atoms with Crippen LogP contribution in [0.5, 0.6) is 0 Å². The van der Waals surface area contributed by atoms with Crippen molar-refractivity contribution in [2.24, 2.45) is 21.6 Å². The summed E-state index contributed by atoms with van der Waals surface area (Å²) < 4.78 is 0. The molecular formula is C20H33N5Na2O13. The Morgan fingerprint density at radius 3 is 2.00 bits per heavy atom. The van der Waals surface area contributed by atoms with E-state index < -0.39 is 36.2 Å². The number of rotatable bonds is 9. The molecule has 3 rings (SSSR count). The molecule has 20 heteroatoms. The van der Waals surface area contributed by atoms with Gasteiger partial charge in [0.05, 0.1) is 12.0 Å². The molecule has 1 aromatic carbocycles. The predicted octanol–water partition coefficient (Wildman–Crippen LogP) is -14.4. The van der Waals surface area contributed by atoms with Gasteiger partial charge in [0.25, 0.3) is 5.91 Å². The van der Waals surface area contributed by atoms with E-state index in [4.69, 9.17) is 5.73 Å². The number of aryl methyl sites for hydroxylation is 1. The summed E-state index contributed by atoms with van der Waals surface area (Å²) in [5.74, 6) is -4.10. The molecule has 2 aliphatic heterocycles. The van der Waals surface area contributed by atoms with Crippen LogP contribution in [0.4, 0.5) is 0 Å². The fraction of sp³-hybridized carbons (Fsp3) is 0.300. The van der Waals surface area contributed by atoms with Crippen molar-refractivity contribution in [2.75, 3.05) is 0 Å². The molecule has 0 radical (unpaired) electrons. The van der Waals surface area contributed by atoms with E-state index in [1.165, 1.54) is 12.1 Å². The minimum atomic E-state index is -1.57. The van der Waals surface area contributed by atoms with Crippen LogP contribution in [0.3, 0.4) is 0 Å². The van der Waals surface area contributed by atoms with Gasteiger partial charge >= 0.3 is 59.1 Å². The molecule has 0 fully saturated rings. The van der Waals surface area contributed by atoms with Crippen molar-refractivity contribution < 1.29 is 127 Å². The molecule has 18 nitrogen and oxygen atoms in total. The zero-order chi connectivity index (χ0) is 22.5. The van der Waals surface area contributed by atoms with Gasteiger partial charge in [-0.25, -0.2) is 4.99 Å². The van der Waals surface area contributed by atoms with Gasteiger partial charge in [0.15, 0.2) is 0 Å². The molecular weight excluding hydrogens is 564 g/mol. The number of benzene rings is 1. The standard InChI is InChI=1S/C20H21N5O6.2Na.7H2O/c21-20-24-16-15(18(29)25-20)12(9-22-16)6-3-10-1-4-11(5-2-10)17(28)23-13(19(30)31)7-8-14(26)27;;;;;;;;;/h1-2,4-5,9,13,15H,3,6-8H2,(H,23,28)(H,26,27)(H,30,31)(H3,21,22,24,25,29);;;7*1H2/q;2*+1;;;;;;;/p-2. The number of carboxylic acids is 2. The summed E-state index contributed by atoms with van der Waals surface area (Å²) in [6.45, 7) is 0. The Balaban J connectivity index is -0.000000242. The third-order valence-electron chi connectivity index (χ3n) is 4.89. The molecule has 2 unspecified atom stereocenters. The fourth-order valence-corrected chi connectivity index (χ4v) is 3.27. The van der Waals surface area contributed by atoms with Crippen LogP contribution in [0, 0.1) is 5.92 Å². The zero-order valence-corrected chi connectivity index (χ0v) is 25.8. The number of hydrogen-bond donors (Lipinski definition) is 3. The summed E-state index contributed by atoms with van der Waals surface area (Å²) in [6, 6.07) is 5.03. The van der Waals surface area contributed by atoms with Crippen LogP contribution < -0.4 is 85.7 Å². The Bertz CT molecular complexity index is 1040. The number of carboxylic acid groups (broad SMARTS) is 2. The third kappa shape index (κ3) is 14.4. The van der Waals surface area contributed by atoms with Crippen LogP contribution in [0.1, 0.15) is 35.2 Å². The van der Waals surface area contributed by atoms with Crippen LogP contribution in [-0.2, 0) is 20.8 Å². The van der Waals surface area contributed by atoms with Gasteiger partial charge in [-0.1, -0.05) is 12.1 Å². The van der Waals surface area contributed by atoms with Gasteiger partial charge in [-0.05, 0) is 49.0 Å². The van der Waals surface area contributed by atoms with Gasteiger partial charge in [0.2, 0.25) is 11.9 Å². The Hall–Kier alpha value is -2.30. The molecule has 0 aliphatic carbocycles. The summed E-state index contributed by atoms with van der Waals surface area (Å²) in [5, 5.41) is 26.3. The minimum absolute atomic E-state index is 0. The van der Waals surface area contributed by atoms with Crippen LogP contribution in [-0.4, -0.2) is 79.9 Å². The molecule has 0 saturated heterocycles. The maximum absolute atomic E-state index is 12.2. The zero-order valence-electron chi connectivity index (χ0n) is 21.8. The maximum atomic E-state index is 12.2. The molecule has 1 aromatic rings. The molecule has 2 aliphatic rings. The van der Waals surface area contributed by atoms with Crippen LogP contribution in [0.15, 0.2) is 46.0 Å². The summed E-state index contributed by atoms with van der Waals surface area (Å²) >= 11 is 0. The number of amides is 2. The number of fused-ring (bicyclic) bond motifs is 1. The SMILES string of the molecule is NC1=NC2=NC=C(CCc3ccc(C(=O)NC(CCC(=O)[O-])C(=O)[O-])cc3)C2C(=O)N1.O.O.O.O.O.O.O.[Na+].[Na+]. The number of guanidine groups is 1. The number of aliphatic imine (C=N–C) groups is 2. The van der Waals surface area contributed by atoms with E-state index >= 15 is 0 Å². The molecule has 2 atom stereocenters. The van der Waals surface area contributed by atoms with Crippen molar-refractivity contribution in [1.82, 2.24) is 10.6 Å². The Kier molecular flexibility index (Phi) is 33.0. The first-order valence-electron chi connectivity index (χ1n) is 9.46. The first-order valence-corrected chi connectivity index (χ1v) is 9.46. The molecule has 2 amide bonds. The number of carbonyl (C=O) groups is 4.